The smallest absolute Gasteiger partial charge is 0.0622 e. The van der Waals surface area contributed by atoms with Gasteiger partial charge in [-0.1, -0.05) is 6.92 Å². The highest BCUT2D eigenvalue weighted by Crippen LogP contribution is 2.19. The number of aliphatic hydroxyl groups excluding tert-OH is 1. The monoisotopic (exact) mass is 230 g/mol. The van der Waals surface area contributed by atoms with Crippen LogP contribution in [0, 0.1) is 0 Å². The second-order valence-electron chi connectivity index (χ2n) is 5.24. The lowest BCUT2D eigenvalue weighted by molar-refractivity contribution is -0.0329. The summed E-state index contributed by atoms with van der Waals surface area (Å²) in [7, 11) is 0. The molecule has 1 aliphatic heterocycles. The molecule has 1 aliphatic rings. The Morgan fingerprint density at radius 2 is 2.31 bits per heavy atom. The maximum absolute atomic E-state index is 9.20. The van der Waals surface area contributed by atoms with Gasteiger partial charge in [-0.15, -0.1) is 0 Å². The molecule has 0 aromatic rings. The van der Waals surface area contributed by atoms with E-state index in [2.05, 4.69) is 18.7 Å². The molecule has 96 valence electrons. The third-order valence-corrected chi connectivity index (χ3v) is 3.43. The van der Waals surface area contributed by atoms with Gasteiger partial charge in [0.05, 0.1) is 19.8 Å². The van der Waals surface area contributed by atoms with E-state index in [9.17, 15) is 5.11 Å². The number of morpholine rings is 1. The van der Waals surface area contributed by atoms with Gasteiger partial charge < -0.3 is 15.6 Å². The minimum atomic E-state index is -0.476. The van der Waals surface area contributed by atoms with Gasteiger partial charge in [-0.25, -0.2) is 0 Å². The van der Waals surface area contributed by atoms with E-state index in [1.54, 1.807) is 0 Å². The van der Waals surface area contributed by atoms with Crippen LogP contribution in [-0.4, -0.2) is 54.0 Å². The Labute approximate surface area is 98.8 Å². The van der Waals surface area contributed by atoms with Gasteiger partial charge in [-0.3, -0.25) is 4.90 Å². The van der Waals surface area contributed by atoms with Gasteiger partial charge in [-0.2, -0.15) is 0 Å². The number of ether oxygens (including phenoxy) is 1. The molecule has 0 amide bonds. The van der Waals surface area contributed by atoms with Crippen LogP contribution in [-0.2, 0) is 4.74 Å². The van der Waals surface area contributed by atoms with Gasteiger partial charge in [0.15, 0.2) is 0 Å². The fourth-order valence-electron chi connectivity index (χ4n) is 2.46. The molecule has 0 aliphatic carbocycles. The van der Waals surface area contributed by atoms with Crippen LogP contribution in [0.4, 0.5) is 0 Å². The normalized spacial score (nSPS) is 28.7. The first-order valence-corrected chi connectivity index (χ1v) is 6.23. The van der Waals surface area contributed by atoms with Crippen molar-refractivity contribution in [3.05, 3.63) is 0 Å². The third-order valence-electron chi connectivity index (χ3n) is 3.43. The molecule has 4 heteroatoms. The molecule has 3 unspecified atom stereocenters. The van der Waals surface area contributed by atoms with Gasteiger partial charge in [0.1, 0.15) is 0 Å². The summed E-state index contributed by atoms with van der Waals surface area (Å²) in [5.41, 5.74) is 5.53. The van der Waals surface area contributed by atoms with E-state index in [0.29, 0.717) is 12.1 Å². The molecule has 16 heavy (non-hydrogen) atoms. The molecule has 4 nitrogen and oxygen atoms in total. The Morgan fingerprint density at radius 3 is 2.88 bits per heavy atom. The van der Waals surface area contributed by atoms with Crippen LogP contribution >= 0.6 is 0 Å². The zero-order valence-electron chi connectivity index (χ0n) is 10.8. The van der Waals surface area contributed by atoms with E-state index in [1.807, 2.05) is 6.92 Å². The van der Waals surface area contributed by atoms with Crippen molar-refractivity contribution < 1.29 is 9.84 Å². The van der Waals surface area contributed by atoms with E-state index in [1.165, 1.54) is 0 Å². The van der Waals surface area contributed by atoms with Crippen LogP contribution in [0.3, 0.4) is 0 Å². The Hall–Kier alpha value is -0.160. The highest BCUT2D eigenvalue weighted by molar-refractivity contribution is 4.87. The molecule has 0 bridgehead atoms. The van der Waals surface area contributed by atoms with Gasteiger partial charge in [-0.05, 0) is 26.7 Å². The zero-order chi connectivity index (χ0) is 12.2. The lowest BCUT2D eigenvalue weighted by atomic mass is 9.94. The lowest BCUT2D eigenvalue weighted by Crippen LogP contribution is -2.53. The number of rotatable bonds is 5. The Morgan fingerprint density at radius 1 is 1.62 bits per heavy atom. The Bertz CT molecular complexity index is 209. The predicted molar refractivity (Wildman–Crippen MR) is 65.4 cm³/mol. The van der Waals surface area contributed by atoms with Crippen LogP contribution in [0.5, 0.6) is 0 Å². The summed E-state index contributed by atoms with van der Waals surface area (Å²) >= 11 is 0. The van der Waals surface area contributed by atoms with E-state index in [0.717, 1.165) is 32.6 Å². The molecule has 1 heterocycles. The minimum Gasteiger partial charge on any atom is -0.394 e. The molecule has 1 fully saturated rings. The van der Waals surface area contributed by atoms with Crippen molar-refractivity contribution in [3.8, 4) is 0 Å². The van der Waals surface area contributed by atoms with E-state index in [-0.39, 0.29) is 6.61 Å². The van der Waals surface area contributed by atoms with E-state index in [4.69, 9.17) is 10.5 Å². The number of aliphatic hydroxyl groups is 1. The van der Waals surface area contributed by atoms with Gasteiger partial charge in [0.2, 0.25) is 0 Å². The molecule has 3 atom stereocenters. The first-order chi connectivity index (χ1) is 7.50. The molecule has 0 aromatic carbocycles. The zero-order valence-corrected chi connectivity index (χ0v) is 10.8. The minimum absolute atomic E-state index is 0.0402. The fraction of sp³-hybridized carbons (Fsp3) is 1.00. The number of nitrogens with zero attached hydrogens (tertiary/aromatic N) is 1. The summed E-state index contributed by atoms with van der Waals surface area (Å²) in [5, 5.41) is 9.20. The van der Waals surface area contributed by atoms with Crippen molar-refractivity contribution in [2.75, 3.05) is 26.4 Å². The summed E-state index contributed by atoms with van der Waals surface area (Å²) < 4.78 is 5.49. The van der Waals surface area contributed by atoms with Crippen molar-refractivity contribution in [3.63, 3.8) is 0 Å². The Kier molecular flexibility index (Phi) is 5.18. The molecule has 0 spiro atoms. The van der Waals surface area contributed by atoms with Crippen molar-refractivity contribution in [1.29, 1.82) is 0 Å². The molecule has 0 radical (unpaired) electrons. The average Bonchev–Trinajstić information content (AvgIpc) is 2.28. The maximum atomic E-state index is 9.20. The molecule has 1 saturated heterocycles. The largest absolute Gasteiger partial charge is 0.394 e. The summed E-state index contributed by atoms with van der Waals surface area (Å²) in [6.07, 6.45) is 1.92. The quantitative estimate of drug-likeness (QED) is 0.725. The van der Waals surface area contributed by atoms with Crippen LogP contribution < -0.4 is 5.73 Å². The molecular formula is C12H26N2O2. The fourth-order valence-corrected chi connectivity index (χ4v) is 2.46. The molecular weight excluding hydrogens is 204 g/mol. The second kappa shape index (κ2) is 5.96. The first-order valence-electron chi connectivity index (χ1n) is 6.23. The summed E-state index contributed by atoms with van der Waals surface area (Å²) in [4.78, 5) is 2.46. The van der Waals surface area contributed by atoms with Crippen LogP contribution in [0.1, 0.15) is 33.6 Å². The van der Waals surface area contributed by atoms with Crippen molar-refractivity contribution in [2.24, 2.45) is 5.73 Å². The highest BCUT2D eigenvalue weighted by atomic mass is 16.5. The average molecular weight is 230 g/mol. The number of hydrogen-bond donors (Lipinski definition) is 2. The molecule has 0 saturated carbocycles. The van der Waals surface area contributed by atoms with E-state index < -0.39 is 5.54 Å². The lowest BCUT2D eigenvalue weighted by Gasteiger charge is -2.41. The summed E-state index contributed by atoms with van der Waals surface area (Å²) in [6, 6.07) is 0.897. The van der Waals surface area contributed by atoms with Crippen molar-refractivity contribution in [2.45, 2.75) is 51.2 Å². The van der Waals surface area contributed by atoms with Crippen molar-refractivity contribution in [1.82, 2.24) is 4.90 Å². The number of hydrogen-bond acceptors (Lipinski definition) is 4. The third kappa shape index (κ3) is 3.70. The first kappa shape index (κ1) is 13.9. The Balaban J connectivity index is 2.53. The second-order valence-corrected chi connectivity index (χ2v) is 5.24. The van der Waals surface area contributed by atoms with Crippen molar-refractivity contribution >= 4 is 0 Å². The standard InChI is InChI=1S/C12H26N2O2/c1-4-11-8-16-6-5-14(11)10(2)7-12(3,13)9-15/h10-11,15H,4-9,13H2,1-3H3. The topological polar surface area (TPSA) is 58.7 Å². The van der Waals surface area contributed by atoms with Gasteiger partial charge in [0.25, 0.3) is 0 Å². The van der Waals surface area contributed by atoms with Crippen LogP contribution in [0.2, 0.25) is 0 Å². The van der Waals surface area contributed by atoms with Gasteiger partial charge in [0, 0.05) is 24.2 Å². The highest BCUT2D eigenvalue weighted by Gasteiger charge is 2.29. The maximum Gasteiger partial charge on any atom is 0.0622 e. The van der Waals surface area contributed by atoms with Crippen LogP contribution in [0.15, 0.2) is 0 Å². The molecule has 1 rings (SSSR count). The summed E-state index contributed by atoms with van der Waals surface area (Å²) in [5.74, 6) is 0. The molecule has 3 N–H and O–H groups in total. The SMILES string of the molecule is CCC1COCCN1C(C)CC(C)(N)CO. The summed E-state index contributed by atoms with van der Waals surface area (Å²) in [6.45, 7) is 8.93. The number of nitrogens with two attached hydrogens (primary N) is 1. The van der Waals surface area contributed by atoms with E-state index >= 15 is 0 Å². The van der Waals surface area contributed by atoms with Crippen LogP contribution in [0.25, 0.3) is 0 Å². The predicted octanol–water partition coefficient (Wildman–Crippen LogP) is 0.586. The van der Waals surface area contributed by atoms with Gasteiger partial charge >= 0.3 is 0 Å². The molecule has 0 aromatic heterocycles.